The zero-order chi connectivity index (χ0) is 19.8. The van der Waals surface area contributed by atoms with Crippen molar-refractivity contribution in [1.29, 1.82) is 0 Å². The van der Waals surface area contributed by atoms with E-state index in [-0.39, 0.29) is 30.9 Å². The van der Waals surface area contributed by atoms with Crippen LogP contribution in [0.25, 0.3) is 10.9 Å². The van der Waals surface area contributed by atoms with Crippen molar-refractivity contribution in [2.24, 2.45) is 0 Å². The lowest BCUT2D eigenvalue weighted by molar-refractivity contribution is -0.138. The van der Waals surface area contributed by atoms with Crippen LogP contribution in [0, 0.1) is 12.7 Å². The molecule has 2 aliphatic heterocycles. The molecule has 4 atom stereocenters. The summed E-state index contributed by atoms with van der Waals surface area (Å²) in [6, 6.07) is 4.65. The van der Waals surface area contributed by atoms with Crippen molar-refractivity contribution in [3.8, 4) is 0 Å². The van der Waals surface area contributed by atoms with Crippen LogP contribution in [0.15, 0.2) is 24.4 Å². The summed E-state index contributed by atoms with van der Waals surface area (Å²) in [7, 11) is 0. The Labute approximate surface area is 162 Å². The lowest BCUT2D eigenvalue weighted by Gasteiger charge is -2.38. The normalized spacial score (nSPS) is 27.9. The van der Waals surface area contributed by atoms with Gasteiger partial charge >= 0.3 is 0 Å². The van der Waals surface area contributed by atoms with Crippen molar-refractivity contribution >= 4 is 22.5 Å². The number of nitrogens with one attached hydrogen (secondary N) is 2. The zero-order valence-corrected chi connectivity index (χ0v) is 15.9. The number of halogens is 2. The first-order valence-electron chi connectivity index (χ1n) is 9.53. The van der Waals surface area contributed by atoms with E-state index in [2.05, 4.69) is 15.6 Å². The molecule has 2 aliphatic rings. The quantitative estimate of drug-likeness (QED) is 0.835. The third kappa shape index (κ3) is 3.54. The van der Waals surface area contributed by atoms with Crippen molar-refractivity contribution in [3.63, 3.8) is 0 Å². The molecule has 8 heteroatoms. The number of amides is 1. The molecular weight excluding hydrogens is 366 g/mol. The minimum Gasteiger partial charge on any atom is -0.365 e. The number of hydrogen-bond acceptors (Lipinski definition) is 5. The molecule has 0 spiro atoms. The Hall–Kier alpha value is -2.32. The number of carbonyl (C=O) groups is 1. The first-order valence-corrected chi connectivity index (χ1v) is 9.53. The van der Waals surface area contributed by atoms with Crippen LogP contribution in [0.5, 0.6) is 0 Å². The molecule has 2 fully saturated rings. The summed E-state index contributed by atoms with van der Waals surface area (Å²) >= 11 is 0. The van der Waals surface area contributed by atoms with E-state index in [1.165, 1.54) is 6.07 Å². The summed E-state index contributed by atoms with van der Waals surface area (Å²) < 4.78 is 34.1. The molecule has 0 unspecified atom stereocenters. The van der Waals surface area contributed by atoms with E-state index >= 15 is 0 Å². The maximum atomic E-state index is 14.5. The van der Waals surface area contributed by atoms with Gasteiger partial charge in [-0.25, -0.2) is 8.78 Å². The SMILES string of the molecule is Cc1c(F)cc(N2C[C@@H](C)O[C@@H](C(=O)N[C@H]3CNC[C@H]3F)C2)c2cccnc12. The summed E-state index contributed by atoms with van der Waals surface area (Å²) in [5, 5.41) is 6.48. The van der Waals surface area contributed by atoms with E-state index in [1.807, 2.05) is 24.0 Å². The highest BCUT2D eigenvalue weighted by Crippen LogP contribution is 2.32. The van der Waals surface area contributed by atoms with E-state index < -0.39 is 18.3 Å². The standard InChI is InChI=1S/C20H24F2N4O2/c1-11-9-26(10-18(28-11)20(27)25-16-8-23-7-15(16)22)17-6-14(21)12(2)19-13(17)4-3-5-24-19/h3-6,11,15-16,18,23H,7-10H2,1-2H3,(H,25,27)/t11-,15-,16+,18-/m1/s1. The average molecular weight is 390 g/mol. The van der Waals surface area contributed by atoms with Gasteiger partial charge in [0.25, 0.3) is 5.91 Å². The summed E-state index contributed by atoms with van der Waals surface area (Å²) in [6.07, 6.45) is -0.460. The number of nitrogens with zero attached hydrogens (tertiary/aromatic N) is 2. The number of anilines is 1. The number of carbonyl (C=O) groups excluding carboxylic acids is 1. The number of ether oxygens (including phenoxy) is 1. The third-order valence-electron chi connectivity index (χ3n) is 5.42. The fourth-order valence-electron chi connectivity index (χ4n) is 3.95. The molecule has 6 nitrogen and oxygen atoms in total. The topological polar surface area (TPSA) is 66.5 Å². The number of hydrogen-bond donors (Lipinski definition) is 2. The van der Waals surface area contributed by atoms with E-state index in [4.69, 9.17) is 4.74 Å². The fraction of sp³-hybridized carbons (Fsp3) is 0.500. The first kappa shape index (κ1) is 19.0. The molecule has 4 rings (SSSR count). The van der Waals surface area contributed by atoms with Crippen LogP contribution in [0.3, 0.4) is 0 Å². The van der Waals surface area contributed by atoms with Crippen molar-refractivity contribution < 1.29 is 18.3 Å². The van der Waals surface area contributed by atoms with Crippen LogP contribution in [0.4, 0.5) is 14.5 Å². The zero-order valence-electron chi connectivity index (χ0n) is 15.9. The fourth-order valence-corrected chi connectivity index (χ4v) is 3.95. The highest BCUT2D eigenvalue weighted by molar-refractivity contribution is 5.94. The molecule has 1 amide bonds. The van der Waals surface area contributed by atoms with Crippen LogP contribution >= 0.6 is 0 Å². The predicted molar refractivity (Wildman–Crippen MR) is 103 cm³/mol. The molecule has 2 aromatic rings. The minimum atomic E-state index is -1.11. The van der Waals surface area contributed by atoms with E-state index in [1.54, 1.807) is 13.1 Å². The maximum absolute atomic E-state index is 14.5. The van der Waals surface area contributed by atoms with Gasteiger partial charge in [0, 0.05) is 42.5 Å². The maximum Gasteiger partial charge on any atom is 0.251 e. The second kappa shape index (κ2) is 7.60. The molecule has 1 aromatic heterocycles. The second-order valence-electron chi connectivity index (χ2n) is 7.53. The molecule has 0 saturated carbocycles. The Kier molecular flexibility index (Phi) is 5.16. The molecule has 2 N–H and O–H groups in total. The third-order valence-corrected chi connectivity index (χ3v) is 5.42. The summed E-state index contributed by atoms with van der Waals surface area (Å²) in [4.78, 5) is 18.9. The van der Waals surface area contributed by atoms with Crippen LogP contribution < -0.4 is 15.5 Å². The monoisotopic (exact) mass is 390 g/mol. The Bertz CT molecular complexity index is 894. The van der Waals surface area contributed by atoms with Gasteiger partial charge in [-0.15, -0.1) is 0 Å². The second-order valence-corrected chi connectivity index (χ2v) is 7.53. The Morgan fingerprint density at radius 2 is 2.21 bits per heavy atom. The molecule has 28 heavy (non-hydrogen) atoms. The molecule has 0 bridgehead atoms. The largest absolute Gasteiger partial charge is 0.365 e. The van der Waals surface area contributed by atoms with Crippen LogP contribution in [-0.2, 0) is 9.53 Å². The van der Waals surface area contributed by atoms with Crippen molar-refractivity contribution in [1.82, 2.24) is 15.6 Å². The number of fused-ring (bicyclic) bond motifs is 1. The predicted octanol–water partition coefficient (Wildman–Crippen LogP) is 1.70. The van der Waals surface area contributed by atoms with Crippen molar-refractivity contribution in [2.45, 2.75) is 38.3 Å². The van der Waals surface area contributed by atoms with Gasteiger partial charge in [0.2, 0.25) is 0 Å². The van der Waals surface area contributed by atoms with E-state index in [0.29, 0.717) is 29.9 Å². The smallest absolute Gasteiger partial charge is 0.251 e. The van der Waals surface area contributed by atoms with Gasteiger partial charge in [0.15, 0.2) is 6.10 Å². The van der Waals surface area contributed by atoms with Crippen LogP contribution in [0.2, 0.25) is 0 Å². The Balaban J connectivity index is 1.60. The molecule has 0 radical (unpaired) electrons. The Morgan fingerprint density at radius 1 is 1.39 bits per heavy atom. The van der Waals surface area contributed by atoms with Gasteiger partial charge < -0.3 is 20.3 Å². The summed E-state index contributed by atoms with van der Waals surface area (Å²) in [5.41, 5.74) is 1.79. The van der Waals surface area contributed by atoms with Crippen molar-refractivity contribution in [2.75, 3.05) is 31.1 Å². The first-order chi connectivity index (χ1) is 13.4. The van der Waals surface area contributed by atoms with E-state index in [0.717, 1.165) is 5.39 Å². The van der Waals surface area contributed by atoms with Crippen molar-refractivity contribution in [3.05, 3.63) is 35.8 Å². The number of pyridine rings is 1. The lowest BCUT2D eigenvalue weighted by Crippen LogP contribution is -2.55. The number of benzene rings is 1. The molecule has 3 heterocycles. The minimum absolute atomic E-state index is 0.233. The highest BCUT2D eigenvalue weighted by atomic mass is 19.1. The van der Waals surface area contributed by atoms with Gasteiger partial charge in [-0.1, -0.05) is 0 Å². The molecule has 0 aliphatic carbocycles. The number of aromatic nitrogens is 1. The van der Waals surface area contributed by atoms with Gasteiger partial charge in [0.1, 0.15) is 12.0 Å². The number of alkyl halides is 1. The molecule has 2 saturated heterocycles. The van der Waals surface area contributed by atoms with Crippen LogP contribution in [-0.4, -0.2) is 61.5 Å². The summed E-state index contributed by atoms with van der Waals surface area (Å²) in [5.74, 6) is -0.679. The number of morpholine rings is 1. The van der Waals surface area contributed by atoms with Crippen LogP contribution in [0.1, 0.15) is 12.5 Å². The average Bonchev–Trinajstić information content (AvgIpc) is 3.08. The number of rotatable bonds is 3. The Morgan fingerprint density at radius 3 is 2.96 bits per heavy atom. The van der Waals surface area contributed by atoms with E-state index in [9.17, 15) is 13.6 Å². The highest BCUT2D eigenvalue weighted by Gasteiger charge is 2.35. The molecule has 150 valence electrons. The molecule has 1 aromatic carbocycles. The summed E-state index contributed by atoms with van der Waals surface area (Å²) in [6.45, 7) is 4.99. The lowest BCUT2D eigenvalue weighted by atomic mass is 10.1. The van der Waals surface area contributed by atoms with Gasteiger partial charge in [-0.2, -0.15) is 0 Å². The number of aryl methyl sites for hydroxylation is 1. The van der Waals surface area contributed by atoms with Gasteiger partial charge in [0.05, 0.1) is 24.2 Å². The van der Waals surface area contributed by atoms with Gasteiger partial charge in [-0.3, -0.25) is 9.78 Å². The molecular formula is C20H24F2N4O2. The van der Waals surface area contributed by atoms with Gasteiger partial charge in [-0.05, 0) is 32.0 Å².